The predicted molar refractivity (Wildman–Crippen MR) is 97.0 cm³/mol. The predicted octanol–water partition coefficient (Wildman–Crippen LogP) is 0.204. The van der Waals surface area contributed by atoms with Gasteiger partial charge in [-0.2, -0.15) is 0 Å². The maximum absolute atomic E-state index is 11.3. The third-order valence-electron chi connectivity index (χ3n) is 4.34. The Morgan fingerprint density at radius 2 is 1.64 bits per heavy atom. The molecule has 0 atom stereocenters. The zero-order chi connectivity index (χ0) is 17.5. The van der Waals surface area contributed by atoms with Gasteiger partial charge in [0, 0.05) is 38.6 Å². The number of nitrogens with one attached hydrogen (secondary N) is 2. The van der Waals surface area contributed by atoms with Crippen LogP contribution in [-0.4, -0.2) is 42.1 Å². The van der Waals surface area contributed by atoms with E-state index in [-0.39, 0.29) is 5.91 Å². The van der Waals surface area contributed by atoms with Crippen LogP contribution in [-0.2, 0) is 24.1 Å². The van der Waals surface area contributed by atoms with Crippen LogP contribution in [0, 0.1) is 0 Å². The van der Waals surface area contributed by atoms with E-state index in [0.29, 0.717) is 6.42 Å². The lowest BCUT2D eigenvalue weighted by atomic mass is 10.0. The van der Waals surface area contributed by atoms with E-state index in [0.717, 1.165) is 56.1 Å². The van der Waals surface area contributed by atoms with Crippen molar-refractivity contribution in [2.45, 2.75) is 19.3 Å². The van der Waals surface area contributed by atoms with E-state index in [1.165, 1.54) is 5.56 Å². The van der Waals surface area contributed by atoms with E-state index in [2.05, 4.69) is 37.7 Å². The molecule has 132 valence electrons. The summed E-state index contributed by atoms with van der Waals surface area (Å²) in [5.74, 6) is 5.73. The number of nitrogens with zero attached hydrogens (tertiary/aromatic N) is 3. The Balaban J connectivity index is 1.52. The number of hydrogen-bond donors (Lipinski definition) is 3. The molecule has 1 saturated heterocycles. The average Bonchev–Trinajstić information content (AvgIpc) is 2.68. The third-order valence-corrected chi connectivity index (χ3v) is 4.34. The summed E-state index contributed by atoms with van der Waals surface area (Å²) < 4.78 is 0. The highest BCUT2D eigenvalue weighted by atomic mass is 16.2. The Bertz CT molecular complexity index is 680. The first-order chi connectivity index (χ1) is 12.2. The summed E-state index contributed by atoms with van der Waals surface area (Å²) in [6, 6.07) is 8.04. The van der Waals surface area contributed by atoms with Crippen LogP contribution in [0.2, 0.25) is 0 Å². The van der Waals surface area contributed by atoms with Gasteiger partial charge in [-0.15, -0.1) is 0 Å². The summed E-state index contributed by atoms with van der Waals surface area (Å²) in [7, 11) is 0. The molecule has 3 rings (SSSR count). The number of rotatable bonds is 6. The Morgan fingerprint density at radius 1 is 1.04 bits per heavy atom. The molecular formula is C18H24N6O. The van der Waals surface area contributed by atoms with Gasteiger partial charge in [-0.3, -0.25) is 10.2 Å². The fourth-order valence-electron chi connectivity index (χ4n) is 2.85. The minimum absolute atomic E-state index is 0.186. The van der Waals surface area contributed by atoms with Crippen molar-refractivity contribution in [2.24, 2.45) is 5.84 Å². The first kappa shape index (κ1) is 17.3. The number of benzene rings is 1. The maximum Gasteiger partial charge on any atom is 0.238 e. The molecule has 0 spiro atoms. The Labute approximate surface area is 147 Å². The molecule has 0 bridgehead atoms. The van der Waals surface area contributed by atoms with Crippen molar-refractivity contribution in [3.05, 3.63) is 53.3 Å². The van der Waals surface area contributed by atoms with Gasteiger partial charge in [-0.05, 0) is 29.5 Å². The number of piperazine rings is 1. The van der Waals surface area contributed by atoms with Crippen LogP contribution in [0.5, 0.6) is 0 Å². The molecule has 1 aliphatic rings. The Hall–Kier alpha value is -2.51. The van der Waals surface area contributed by atoms with E-state index < -0.39 is 0 Å². The molecule has 1 amide bonds. The molecule has 1 aliphatic heterocycles. The molecule has 1 aromatic heterocycles. The van der Waals surface area contributed by atoms with Crippen LogP contribution in [0.1, 0.15) is 16.7 Å². The quantitative estimate of drug-likeness (QED) is 0.395. The molecular weight excluding hydrogens is 316 g/mol. The van der Waals surface area contributed by atoms with E-state index in [9.17, 15) is 4.79 Å². The number of amides is 1. The van der Waals surface area contributed by atoms with Crippen molar-refractivity contribution in [3.8, 4) is 0 Å². The van der Waals surface area contributed by atoms with Crippen LogP contribution in [0.4, 0.5) is 5.95 Å². The van der Waals surface area contributed by atoms with Crippen LogP contribution in [0.15, 0.2) is 36.7 Å². The normalized spacial score (nSPS) is 14.4. The summed E-state index contributed by atoms with van der Waals surface area (Å²) in [5, 5.41) is 3.33. The van der Waals surface area contributed by atoms with Crippen molar-refractivity contribution >= 4 is 11.9 Å². The van der Waals surface area contributed by atoms with Crippen molar-refractivity contribution in [1.29, 1.82) is 0 Å². The minimum Gasteiger partial charge on any atom is -0.338 e. The molecule has 0 unspecified atom stereocenters. The van der Waals surface area contributed by atoms with Gasteiger partial charge in [0.05, 0.1) is 6.42 Å². The van der Waals surface area contributed by atoms with E-state index >= 15 is 0 Å². The second-order valence-corrected chi connectivity index (χ2v) is 6.19. The Kier molecular flexibility index (Phi) is 5.92. The fraction of sp³-hybridized carbons (Fsp3) is 0.389. The standard InChI is InChI=1S/C18H24N6O/c19-23-17(25)11-15-4-1-14(2-5-15)3-6-16-12-21-18(22-13-16)24-9-7-20-8-10-24/h1-2,4-5,12-13,20H,3,6-11,19H2,(H,23,25). The number of hydrazine groups is 1. The fourth-order valence-corrected chi connectivity index (χ4v) is 2.85. The number of hydrogen-bond acceptors (Lipinski definition) is 6. The van der Waals surface area contributed by atoms with Crippen molar-refractivity contribution in [1.82, 2.24) is 20.7 Å². The van der Waals surface area contributed by atoms with Gasteiger partial charge in [0.2, 0.25) is 11.9 Å². The molecule has 1 fully saturated rings. The van der Waals surface area contributed by atoms with Crippen LogP contribution < -0.4 is 21.5 Å². The molecule has 0 saturated carbocycles. The highest BCUT2D eigenvalue weighted by Gasteiger charge is 2.12. The highest BCUT2D eigenvalue weighted by Crippen LogP contribution is 2.11. The van der Waals surface area contributed by atoms with E-state index in [4.69, 9.17) is 5.84 Å². The number of carbonyl (C=O) groups is 1. The zero-order valence-electron chi connectivity index (χ0n) is 14.2. The average molecular weight is 340 g/mol. The van der Waals surface area contributed by atoms with E-state index in [1.807, 2.05) is 24.5 Å². The summed E-state index contributed by atoms with van der Waals surface area (Å²) in [6.45, 7) is 3.86. The minimum atomic E-state index is -0.186. The number of anilines is 1. The van der Waals surface area contributed by atoms with Crippen molar-refractivity contribution < 1.29 is 4.79 Å². The smallest absolute Gasteiger partial charge is 0.238 e. The Morgan fingerprint density at radius 3 is 2.28 bits per heavy atom. The molecule has 2 aromatic rings. The molecule has 7 heteroatoms. The third kappa shape index (κ3) is 4.98. The second kappa shape index (κ2) is 8.55. The first-order valence-corrected chi connectivity index (χ1v) is 8.58. The number of nitrogens with two attached hydrogens (primary N) is 1. The molecule has 2 heterocycles. The van der Waals surface area contributed by atoms with Gasteiger partial charge >= 0.3 is 0 Å². The monoisotopic (exact) mass is 340 g/mol. The summed E-state index contributed by atoms with van der Waals surface area (Å²) >= 11 is 0. The maximum atomic E-state index is 11.3. The molecule has 7 nitrogen and oxygen atoms in total. The lowest BCUT2D eigenvalue weighted by molar-refractivity contribution is -0.120. The largest absolute Gasteiger partial charge is 0.338 e. The molecule has 25 heavy (non-hydrogen) atoms. The number of aryl methyl sites for hydroxylation is 2. The van der Waals surface area contributed by atoms with E-state index in [1.54, 1.807) is 0 Å². The molecule has 0 radical (unpaired) electrons. The lowest BCUT2D eigenvalue weighted by Crippen LogP contribution is -2.44. The summed E-state index contributed by atoms with van der Waals surface area (Å²) in [6.07, 6.45) is 5.96. The van der Waals surface area contributed by atoms with Crippen molar-refractivity contribution in [3.63, 3.8) is 0 Å². The number of aromatic nitrogens is 2. The highest BCUT2D eigenvalue weighted by molar-refractivity contribution is 5.77. The van der Waals surface area contributed by atoms with Crippen LogP contribution >= 0.6 is 0 Å². The van der Waals surface area contributed by atoms with Gasteiger partial charge < -0.3 is 10.2 Å². The zero-order valence-corrected chi connectivity index (χ0v) is 14.2. The van der Waals surface area contributed by atoms with Crippen molar-refractivity contribution in [2.75, 3.05) is 31.1 Å². The molecule has 0 aliphatic carbocycles. The lowest BCUT2D eigenvalue weighted by Gasteiger charge is -2.27. The van der Waals surface area contributed by atoms with Gasteiger partial charge in [-0.25, -0.2) is 15.8 Å². The number of carbonyl (C=O) groups excluding carboxylic acids is 1. The molecule has 1 aromatic carbocycles. The second-order valence-electron chi connectivity index (χ2n) is 6.19. The van der Waals surface area contributed by atoms with Gasteiger partial charge in [0.25, 0.3) is 0 Å². The topological polar surface area (TPSA) is 96.2 Å². The van der Waals surface area contributed by atoms with Gasteiger partial charge in [0.1, 0.15) is 0 Å². The summed E-state index contributed by atoms with van der Waals surface area (Å²) in [5.41, 5.74) is 5.45. The molecule has 4 N–H and O–H groups in total. The van der Waals surface area contributed by atoms with Gasteiger partial charge in [-0.1, -0.05) is 24.3 Å². The summed E-state index contributed by atoms with van der Waals surface area (Å²) in [4.78, 5) is 22.5. The SMILES string of the molecule is NNC(=O)Cc1ccc(CCc2cnc(N3CCNCC3)nc2)cc1. The van der Waals surface area contributed by atoms with Gasteiger partial charge in [0.15, 0.2) is 0 Å². The van der Waals surface area contributed by atoms with Crippen LogP contribution in [0.3, 0.4) is 0 Å². The first-order valence-electron chi connectivity index (χ1n) is 8.58. The van der Waals surface area contributed by atoms with Crippen LogP contribution in [0.25, 0.3) is 0 Å².